The van der Waals surface area contributed by atoms with Crippen LogP contribution in [0.15, 0.2) is 12.1 Å². The van der Waals surface area contributed by atoms with E-state index in [1.807, 2.05) is 0 Å². The van der Waals surface area contributed by atoms with E-state index < -0.39 is 0 Å². The van der Waals surface area contributed by atoms with Gasteiger partial charge in [-0.15, -0.1) is 0 Å². The van der Waals surface area contributed by atoms with Crippen LogP contribution in [0.1, 0.15) is 23.2 Å². The summed E-state index contributed by atoms with van der Waals surface area (Å²) in [5.74, 6) is -0.185. The Kier molecular flexibility index (Phi) is 4.40. The average molecular weight is 316 g/mol. The average Bonchev–Trinajstić information content (AvgIpc) is 2.39. The van der Waals surface area contributed by atoms with E-state index in [-0.39, 0.29) is 33.6 Å². The molecule has 1 aromatic rings. The predicted molar refractivity (Wildman–Crippen MR) is 79.0 cm³/mol. The van der Waals surface area contributed by atoms with Crippen molar-refractivity contribution in [3.63, 3.8) is 0 Å². The normalized spacial score (nSPS) is 19.1. The van der Waals surface area contributed by atoms with Gasteiger partial charge in [0.25, 0.3) is 5.91 Å². The molecule has 0 aromatic heterocycles. The monoisotopic (exact) mass is 315 g/mol. The van der Waals surface area contributed by atoms with Gasteiger partial charge in [-0.2, -0.15) is 0 Å². The van der Waals surface area contributed by atoms with Gasteiger partial charge >= 0.3 is 0 Å². The lowest BCUT2D eigenvalue weighted by molar-refractivity contribution is -0.132. The molecule has 1 saturated heterocycles. The molecule has 1 fully saturated rings. The number of likely N-dealkylation sites (N-methyl/N-ethyl adjacent to an activating group) is 1. The summed E-state index contributed by atoms with van der Waals surface area (Å²) < 4.78 is 0. The van der Waals surface area contributed by atoms with Crippen LogP contribution in [0.3, 0.4) is 0 Å². The van der Waals surface area contributed by atoms with E-state index >= 15 is 0 Å². The molecule has 1 heterocycles. The van der Waals surface area contributed by atoms with E-state index in [0.717, 1.165) is 0 Å². The fourth-order valence-corrected chi connectivity index (χ4v) is 2.60. The quantitative estimate of drug-likeness (QED) is 0.819. The minimum atomic E-state index is -0.276. The summed E-state index contributed by atoms with van der Waals surface area (Å²) in [4.78, 5) is 25.1. The fraction of sp³-hybridized carbons (Fsp3) is 0.385. The van der Waals surface area contributed by atoms with Crippen LogP contribution in [-0.4, -0.2) is 36.3 Å². The van der Waals surface area contributed by atoms with Crippen LogP contribution in [0.4, 0.5) is 5.69 Å². The Morgan fingerprint density at radius 1 is 1.40 bits per heavy atom. The smallest absolute Gasteiger partial charge is 0.251 e. The molecule has 2 rings (SSSR count). The molecule has 1 aliphatic rings. The number of nitrogens with two attached hydrogens (primary N) is 1. The van der Waals surface area contributed by atoms with Crippen LogP contribution in [0.25, 0.3) is 0 Å². The summed E-state index contributed by atoms with van der Waals surface area (Å²) in [5, 5.41) is 3.37. The van der Waals surface area contributed by atoms with Gasteiger partial charge in [-0.05, 0) is 18.6 Å². The van der Waals surface area contributed by atoms with Gasteiger partial charge in [-0.3, -0.25) is 9.59 Å². The van der Waals surface area contributed by atoms with E-state index in [0.29, 0.717) is 24.9 Å². The number of carbonyl (C=O) groups excluding carboxylic acids is 2. The molecule has 0 bridgehead atoms. The van der Waals surface area contributed by atoms with Gasteiger partial charge in [0, 0.05) is 31.6 Å². The standard InChI is InChI=1S/C13H15Cl2N3O2/c1-18-6-8(2-3-11(18)19)17-13(20)7-4-9(14)12(16)10(15)5-7/h4-5,8H,2-3,6,16H2,1H3,(H,17,20). The molecule has 1 atom stereocenters. The lowest BCUT2D eigenvalue weighted by atomic mass is 10.0. The summed E-state index contributed by atoms with van der Waals surface area (Å²) in [5.41, 5.74) is 6.24. The Morgan fingerprint density at radius 3 is 2.55 bits per heavy atom. The Morgan fingerprint density at radius 2 is 2.00 bits per heavy atom. The van der Waals surface area contributed by atoms with Crippen molar-refractivity contribution < 1.29 is 9.59 Å². The van der Waals surface area contributed by atoms with Gasteiger partial charge < -0.3 is 16.0 Å². The predicted octanol–water partition coefficient (Wildman–Crippen LogP) is 1.93. The lowest BCUT2D eigenvalue weighted by Crippen LogP contribution is -2.48. The first kappa shape index (κ1) is 14.9. The minimum Gasteiger partial charge on any atom is -0.396 e. The van der Waals surface area contributed by atoms with Gasteiger partial charge in [0.1, 0.15) is 0 Å². The summed E-state index contributed by atoms with van der Waals surface area (Å²) >= 11 is 11.8. The van der Waals surface area contributed by atoms with Gasteiger partial charge in [-0.25, -0.2) is 0 Å². The topological polar surface area (TPSA) is 75.4 Å². The molecule has 1 aromatic carbocycles. The molecule has 0 saturated carbocycles. The molecule has 2 amide bonds. The highest BCUT2D eigenvalue weighted by molar-refractivity contribution is 6.39. The SMILES string of the molecule is CN1CC(NC(=O)c2cc(Cl)c(N)c(Cl)c2)CCC1=O. The molecule has 108 valence electrons. The van der Waals surface area contributed by atoms with Crippen LogP contribution >= 0.6 is 23.2 Å². The fourth-order valence-electron chi connectivity index (χ4n) is 2.11. The van der Waals surface area contributed by atoms with Gasteiger partial charge in [0.15, 0.2) is 0 Å². The second-order valence-electron chi connectivity index (χ2n) is 4.84. The van der Waals surface area contributed by atoms with Gasteiger partial charge in [0.2, 0.25) is 5.91 Å². The number of nitrogen functional groups attached to an aromatic ring is 1. The van der Waals surface area contributed by atoms with Crippen molar-refractivity contribution in [3.8, 4) is 0 Å². The number of nitrogens with zero attached hydrogens (tertiary/aromatic N) is 1. The number of rotatable bonds is 2. The first-order valence-electron chi connectivity index (χ1n) is 6.18. The molecule has 3 N–H and O–H groups in total. The Bertz CT molecular complexity index is 540. The molecule has 0 radical (unpaired) electrons. The van der Waals surface area contributed by atoms with Crippen molar-refractivity contribution in [1.29, 1.82) is 0 Å². The van der Waals surface area contributed by atoms with Crippen molar-refractivity contribution in [2.75, 3.05) is 19.3 Å². The highest BCUT2D eigenvalue weighted by Crippen LogP contribution is 2.28. The number of hydrogen-bond acceptors (Lipinski definition) is 3. The zero-order valence-electron chi connectivity index (χ0n) is 11.0. The highest BCUT2D eigenvalue weighted by Gasteiger charge is 2.24. The number of hydrogen-bond donors (Lipinski definition) is 2. The molecule has 0 spiro atoms. The second kappa shape index (κ2) is 5.89. The Balaban J connectivity index is 2.07. The van der Waals surface area contributed by atoms with Gasteiger partial charge in [0.05, 0.1) is 15.7 Å². The van der Waals surface area contributed by atoms with Crippen molar-refractivity contribution in [1.82, 2.24) is 10.2 Å². The summed E-state index contributed by atoms with van der Waals surface area (Å²) in [6.45, 7) is 0.501. The van der Waals surface area contributed by atoms with Gasteiger partial charge in [-0.1, -0.05) is 23.2 Å². The van der Waals surface area contributed by atoms with Crippen LogP contribution in [0.2, 0.25) is 10.0 Å². The molecule has 0 aliphatic carbocycles. The lowest BCUT2D eigenvalue weighted by Gasteiger charge is -2.30. The maximum absolute atomic E-state index is 12.1. The zero-order chi connectivity index (χ0) is 14.9. The van der Waals surface area contributed by atoms with Crippen LogP contribution in [0.5, 0.6) is 0 Å². The van der Waals surface area contributed by atoms with Crippen molar-refractivity contribution in [3.05, 3.63) is 27.7 Å². The van der Waals surface area contributed by atoms with Crippen molar-refractivity contribution in [2.24, 2.45) is 0 Å². The maximum Gasteiger partial charge on any atom is 0.251 e. The molecule has 1 unspecified atom stereocenters. The number of piperidine rings is 1. The first-order chi connectivity index (χ1) is 9.38. The summed E-state index contributed by atoms with van der Waals surface area (Å²) in [6.07, 6.45) is 1.07. The Hall–Kier alpha value is -1.46. The van der Waals surface area contributed by atoms with E-state index in [1.165, 1.54) is 12.1 Å². The number of likely N-dealkylation sites (tertiary alicyclic amines) is 1. The number of nitrogens with one attached hydrogen (secondary N) is 1. The van der Waals surface area contributed by atoms with E-state index in [1.54, 1.807) is 11.9 Å². The largest absolute Gasteiger partial charge is 0.396 e. The molecule has 7 heteroatoms. The van der Waals surface area contributed by atoms with Crippen LogP contribution in [-0.2, 0) is 4.79 Å². The minimum absolute atomic E-state index is 0.0692. The van der Waals surface area contributed by atoms with E-state index in [9.17, 15) is 9.59 Å². The van der Waals surface area contributed by atoms with Crippen molar-refractivity contribution in [2.45, 2.75) is 18.9 Å². The third-order valence-electron chi connectivity index (χ3n) is 3.30. The first-order valence-corrected chi connectivity index (χ1v) is 6.93. The number of anilines is 1. The van der Waals surface area contributed by atoms with E-state index in [4.69, 9.17) is 28.9 Å². The molecule has 1 aliphatic heterocycles. The summed E-state index contributed by atoms with van der Waals surface area (Å²) in [7, 11) is 1.72. The third kappa shape index (κ3) is 3.16. The number of amides is 2. The molecular weight excluding hydrogens is 301 g/mol. The molecular formula is C13H15Cl2N3O2. The number of benzene rings is 1. The summed E-state index contributed by atoms with van der Waals surface area (Å²) in [6, 6.07) is 2.89. The van der Waals surface area contributed by atoms with Crippen LogP contribution in [0, 0.1) is 0 Å². The molecule has 5 nitrogen and oxygen atoms in total. The second-order valence-corrected chi connectivity index (χ2v) is 5.65. The highest BCUT2D eigenvalue weighted by atomic mass is 35.5. The Labute approximate surface area is 127 Å². The van der Waals surface area contributed by atoms with E-state index in [2.05, 4.69) is 5.32 Å². The molecule has 20 heavy (non-hydrogen) atoms. The van der Waals surface area contributed by atoms with Crippen LogP contribution < -0.4 is 11.1 Å². The van der Waals surface area contributed by atoms with Crippen molar-refractivity contribution >= 4 is 40.7 Å². The zero-order valence-corrected chi connectivity index (χ0v) is 12.5. The third-order valence-corrected chi connectivity index (χ3v) is 3.93. The maximum atomic E-state index is 12.1. The number of halogens is 2. The number of carbonyl (C=O) groups is 2.